The molecular weight excluding hydrogens is 220 g/mol. The minimum absolute atomic E-state index is 0.248. The molecule has 1 rings (SSSR count). The maximum Gasteiger partial charge on any atom is 0.341 e. The molecule has 0 aliphatic rings. The van der Waals surface area contributed by atoms with Gasteiger partial charge in [-0.1, -0.05) is 0 Å². The Labute approximate surface area is 98.9 Å². The fourth-order valence-corrected chi connectivity index (χ4v) is 1.33. The largest absolute Gasteiger partial charge is 0.477 e. The molecule has 0 saturated carbocycles. The third kappa shape index (κ3) is 3.18. The fourth-order valence-electron chi connectivity index (χ4n) is 1.33. The Hall–Kier alpha value is -2.09. The van der Waals surface area contributed by atoms with Crippen molar-refractivity contribution in [3.8, 4) is 6.07 Å². The van der Waals surface area contributed by atoms with Gasteiger partial charge in [-0.2, -0.15) is 5.26 Å². The van der Waals surface area contributed by atoms with Crippen LogP contribution in [-0.2, 0) is 6.54 Å². The van der Waals surface area contributed by atoms with Gasteiger partial charge in [0.15, 0.2) is 0 Å². The molecule has 1 N–H and O–H groups in total. The van der Waals surface area contributed by atoms with Gasteiger partial charge >= 0.3 is 5.97 Å². The highest BCUT2D eigenvalue weighted by Crippen LogP contribution is 2.18. The van der Waals surface area contributed by atoms with Crippen LogP contribution in [0.1, 0.15) is 30.6 Å². The van der Waals surface area contributed by atoms with E-state index in [1.54, 1.807) is 13.8 Å². The second-order valence-electron chi connectivity index (χ2n) is 4.47. The lowest BCUT2D eigenvalue weighted by atomic mass is 9.91. The molecule has 0 aliphatic heterocycles. The highest BCUT2D eigenvalue weighted by Gasteiger charge is 2.17. The summed E-state index contributed by atoms with van der Waals surface area (Å²) in [6, 6.07) is 4.93. The summed E-state index contributed by atoms with van der Waals surface area (Å²) in [5.74, 6) is -1.23. The van der Waals surface area contributed by atoms with E-state index in [1.807, 2.05) is 0 Å². The van der Waals surface area contributed by atoms with Gasteiger partial charge in [-0.25, -0.2) is 4.79 Å². The normalized spacial score (nSPS) is 10.9. The van der Waals surface area contributed by atoms with E-state index in [9.17, 15) is 9.59 Å². The Kier molecular flexibility index (Phi) is 3.69. The van der Waals surface area contributed by atoms with Crippen LogP contribution in [0.15, 0.2) is 23.1 Å². The van der Waals surface area contributed by atoms with Crippen molar-refractivity contribution in [3.63, 3.8) is 0 Å². The first-order chi connectivity index (χ1) is 7.87. The van der Waals surface area contributed by atoms with Crippen molar-refractivity contribution >= 4 is 5.97 Å². The third-order valence-corrected chi connectivity index (χ3v) is 2.53. The average Bonchev–Trinajstić information content (AvgIpc) is 2.27. The van der Waals surface area contributed by atoms with Crippen molar-refractivity contribution < 1.29 is 9.90 Å². The van der Waals surface area contributed by atoms with Crippen LogP contribution >= 0.6 is 0 Å². The minimum Gasteiger partial charge on any atom is -0.477 e. The van der Waals surface area contributed by atoms with Crippen LogP contribution in [0.2, 0.25) is 0 Å². The van der Waals surface area contributed by atoms with Crippen molar-refractivity contribution in [2.75, 3.05) is 0 Å². The Morgan fingerprint density at radius 1 is 1.59 bits per heavy atom. The number of carboxylic acids is 1. The van der Waals surface area contributed by atoms with E-state index < -0.39 is 16.9 Å². The number of aromatic nitrogens is 1. The lowest BCUT2D eigenvalue weighted by molar-refractivity contribution is 0.0694. The van der Waals surface area contributed by atoms with Crippen molar-refractivity contribution in [1.82, 2.24) is 4.57 Å². The summed E-state index contributed by atoms with van der Waals surface area (Å²) in [6.45, 7) is 3.89. The predicted octanol–water partition coefficient (Wildman–Crippen LogP) is 1.49. The van der Waals surface area contributed by atoms with Crippen molar-refractivity contribution in [2.45, 2.75) is 26.8 Å². The number of hydrogen-bond acceptors (Lipinski definition) is 3. The first-order valence-corrected chi connectivity index (χ1v) is 5.21. The summed E-state index contributed by atoms with van der Waals surface area (Å²) in [4.78, 5) is 22.5. The van der Waals surface area contributed by atoms with Gasteiger partial charge in [0, 0.05) is 12.7 Å². The molecule has 0 radical (unpaired) electrons. The van der Waals surface area contributed by atoms with Gasteiger partial charge in [-0.05, 0) is 32.4 Å². The smallest absolute Gasteiger partial charge is 0.341 e. The van der Waals surface area contributed by atoms with Gasteiger partial charge in [-0.3, -0.25) is 4.79 Å². The Morgan fingerprint density at radius 2 is 2.24 bits per heavy atom. The summed E-state index contributed by atoms with van der Waals surface area (Å²) in [5.41, 5.74) is -1.31. The zero-order valence-corrected chi connectivity index (χ0v) is 9.80. The average molecular weight is 234 g/mol. The maximum absolute atomic E-state index is 11.7. The second-order valence-corrected chi connectivity index (χ2v) is 4.47. The number of carboxylic acid groups (broad SMARTS) is 1. The summed E-state index contributed by atoms with van der Waals surface area (Å²) < 4.78 is 1.32. The number of pyridine rings is 1. The van der Waals surface area contributed by atoms with E-state index in [1.165, 1.54) is 22.9 Å². The number of carbonyl (C=O) groups is 1. The van der Waals surface area contributed by atoms with Crippen LogP contribution in [0.25, 0.3) is 0 Å². The van der Waals surface area contributed by atoms with E-state index in [0.29, 0.717) is 13.0 Å². The molecule has 0 spiro atoms. The van der Waals surface area contributed by atoms with Crippen LogP contribution in [0.5, 0.6) is 0 Å². The molecule has 0 fully saturated rings. The first kappa shape index (κ1) is 13.0. The van der Waals surface area contributed by atoms with Crippen LogP contribution in [0.4, 0.5) is 0 Å². The molecule has 90 valence electrons. The Morgan fingerprint density at radius 3 is 2.76 bits per heavy atom. The predicted molar refractivity (Wildman–Crippen MR) is 61.7 cm³/mol. The number of aryl methyl sites for hydroxylation is 1. The summed E-state index contributed by atoms with van der Waals surface area (Å²) >= 11 is 0. The number of nitriles is 1. The summed E-state index contributed by atoms with van der Waals surface area (Å²) in [5, 5.41) is 17.7. The maximum atomic E-state index is 11.7. The van der Waals surface area contributed by atoms with Crippen LogP contribution in [0, 0.1) is 16.7 Å². The second kappa shape index (κ2) is 4.83. The number of rotatable bonds is 4. The van der Waals surface area contributed by atoms with Gasteiger partial charge in [0.25, 0.3) is 5.56 Å². The lowest BCUT2D eigenvalue weighted by Crippen LogP contribution is -2.27. The lowest BCUT2D eigenvalue weighted by Gasteiger charge is -2.15. The van der Waals surface area contributed by atoms with Gasteiger partial charge < -0.3 is 9.67 Å². The van der Waals surface area contributed by atoms with Crippen molar-refractivity contribution in [1.29, 1.82) is 5.26 Å². The van der Waals surface area contributed by atoms with Gasteiger partial charge in [-0.15, -0.1) is 0 Å². The van der Waals surface area contributed by atoms with Gasteiger partial charge in [0.05, 0.1) is 11.5 Å². The molecule has 0 aliphatic carbocycles. The summed E-state index contributed by atoms with van der Waals surface area (Å²) in [6.07, 6.45) is 2.02. The standard InChI is InChI=1S/C12H14N2O3/c1-12(2,8-13)5-7-14-6-3-4-9(10(14)15)11(16)17/h3-4,6H,5,7H2,1-2H3,(H,16,17). The molecule has 0 atom stereocenters. The molecular formula is C12H14N2O3. The number of nitrogens with zero attached hydrogens (tertiary/aromatic N) is 2. The minimum atomic E-state index is -1.23. The Bertz CT molecular complexity index is 523. The van der Waals surface area contributed by atoms with E-state index in [4.69, 9.17) is 10.4 Å². The molecule has 1 aromatic heterocycles. The molecule has 0 unspecified atom stereocenters. The zero-order valence-electron chi connectivity index (χ0n) is 9.80. The van der Waals surface area contributed by atoms with Crippen molar-refractivity contribution in [2.24, 2.45) is 5.41 Å². The summed E-state index contributed by atoms with van der Waals surface area (Å²) in [7, 11) is 0. The van der Waals surface area contributed by atoms with Crippen molar-refractivity contribution in [3.05, 3.63) is 34.2 Å². The molecule has 0 aromatic carbocycles. The number of aromatic carboxylic acids is 1. The van der Waals surface area contributed by atoms with Crippen LogP contribution in [-0.4, -0.2) is 15.6 Å². The number of hydrogen-bond donors (Lipinski definition) is 1. The first-order valence-electron chi connectivity index (χ1n) is 5.21. The van der Waals surface area contributed by atoms with Gasteiger partial charge in [0.2, 0.25) is 0 Å². The zero-order chi connectivity index (χ0) is 13.1. The molecule has 17 heavy (non-hydrogen) atoms. The molecule has 1 aromatic rings. The van der Waals surface area contributed by atoms with E-state index >= 15 is 0 Å². The monoisotopic (exact) mass is 234 g/mol. The third-order valence-electron chi connectivity index (χ3n) is 2.53. The van der Waals surface area contributed by atoms with E-state index in [0.717, 1.165) is 0 Å². The van der Waals surface area contributed by atoms with Crippen LogP contribution < -0.4 is 5.56 Å². The molecule has 0 bridgehead atoms. The highest BCUT2D eigenvalue weighted by molar-refractivity contribution is 5.86. The SMILES string of the molecule is CC(C)(C#N)CCn1cccc(C(=O)O)c1=O. The van der Waals surface area contributed by atoms with E-state index in [-0.39, 0.29) is 5.56 Å². The highest BCUT2D eigenvalue weighted by atomic mass is 16.4. The molecule has 5 nitrogen and oxygen atoms in total. The topological polar surface area (TPSA) is 83.1 Å². The molecule has 0 amide bonds. The molecule has 0 saturated heterocycles. The fraction of sp³-hybridized carbons (Fsp3) is 0.417. The quantitative estimate of drug-likeness (QED) is 0.855. The molecule has 1 heterocycles. The van der Waals surface area contributed by atoms with E-state index in [2.05, 4.69) is 6.07 Å². The van der Waals surface area contributed by atoms with Gasteiger partial charge in [0.1, 0.15) is 5.56 Å². The Balaban J connectivity index is 2.95. The molecule has 5 heteroatoms. The van der Waals surface area contributed by atoms with Crippen LogP contribution in [0.3, 0.4) is 0 Å².